The lowest BCUT2D eigenvalue weighted by Gasteiger charge is -2.03. The van der Waals surface area contributed by atoms with Crippen molar-refractivity contribution in [1.29, 1.82) is 0 Å². The number of pyridine rings is 1. The van der Waals surface area contributed by atoms with Crippen molar-refractivity contribution >= 4 is 40.3 Å². The smallest absolute Gasteiger partial charge is 0.341 e. The molecule has 3 rings (SSSR count). The van der Waals surface area contributed by atoms with Gasteiger partial charge in [0.05, 0.1) is 18.4 Å². The molecular formula is C17H15ClN4O4. The van der Waals surface area contributed by atoms with Gasteiger partial charge in [-0.25, -0.2) is 9.78 Å². The minimum absolute atomic E-state index is 0.00981. The predicted octanol–water partition coefficient (Wildman–Crippen LogP) is 2.02. The molecule has 0 saturated carbocycles. The summed E-state index contributed by atoms with van der Waals surface area (Å²) in [5.41, 5.74) is 5.93. The minimum Gasteiger partial charge on any atom is -0.462 e. The number of halogens is 1. The van der Waals surface area contributed by atoms with Gasteiger partial charge in [0.2, 0.25) is 0 Å². The van der Waals surface area contributed by atoms with Crippen LogP contribution < -0.4 is 11.3 Å². The number of hydrogen-bond donors (Lipinski definition) is 2. The third-order valence-electron chi connectivity index (χ3n) is 3.72. The van der Waals surface area contributed by atoms with Crippen LogP contribution in [0.1, 0.15) is 27.6 Å². The summed E-state index contributed by atoms with van der Waals surface area (Å²) in [6, 6.07) is 7.99. The van der Waals surface area contributed by atoms with Gasteiger partial charge in [0.15, 0.2) is 5.65 Å². The summed E-state index contributed by atoms with van der Waals surface area (Å²) in [5.74, 6) is -1.25. The van der Waals surface area contributed by atoms with E-state index in [1.807, 2.05) is 0 Å². The Morgan fingerprint density at radius 1 is 1.31 bits per heavy atom. The second kappa shape index (κ2) is 7.01. The molecule has 0 spiro atoms. The number of rotatable bonds is 4. The maximum absolute atomic E-state index is 12.5. The molecule has 0 radical (unpaired) electrons. The van der Waals surface area contributed by atoms with Crippen LogP contribution in [-0.2, 0) is 11.2 Å². The number of H-pyrrole nitrogens is 1. The maximum atomic E-state index is 12.5. The number of nitrogen functional groups attached to an aromatic ring is 1. The van der Waals surface area contributed by atoms with Gasteiger partial charge in [0, 0.05) is 5.02 Å². The second-order valence-electron chi connectivity index (χ2n) is 5.49. The number of carbonyl (C=O) groups is 2. The molecule has 2 heterocycles. The van der Waals surface area contributed by atoms with Gasteiger partial charge in [0.25, 0.3) is 11.5 Å². The molecule has 0 aliphatic carbocycles. The normalized spacial score (nSPS) is 10.8. The topological polar surface area (TPSA) is 120 Å². The van der Waals surface area contributed by atoms with E-state index in [-0.39, 0.29) is 35.4 Å². The van der Waals surface area contributed by atoms with Crippen molar-refractivity contribution in [2.24, 2.45) is 0 Å². The van der Waals surface area contributed by atoms with Gasteiger partial charge < -0.3 is 10.5 Å². The number of benzene rings is 1. The average molecular weight is 375 g/mol. The molecule has 2 aromatic heterocycles. The fourth-order valence-corrected chi connectivity index (χ4v) is 2.58. The molecule has 3 aromatic rings. The zero-order valence-electron chi connectivity index (χ0n) is 13.8. The number of ether oxygens (including phenoxy) is 1. The first kappa shape index (κ1) is 17.7. The van der Waals surface area contributed by atoms with Gasteiger partial charge in [-0.1, -0.05) is 23.7 Å². The molecule has 0 aliphatic heterocycles. The molecular weight excluding hydrogens is 360 g/mol. The van der Waals surface area contributed by atoms with E-state index in [1.165, 1.54) is 6.07 Å². The van der Waals surface area contributed by atoms with Crippen molar-refractivity contribution in [3.05, 3.63) is 56.8 Å². The van der Waals surface area contributed by atoms with E-state index in [0.29, 0.717) is 10.6 Å². The number of fused-ring (bicyclic) bond motifs is 1. The first-order chi connectivity index (χ1) is 12.4. The molecule has 0 fully saturated rings. The molecule has 3 N–H and O–H groups in total. The van der Waals surface area contributed by atoms with Crippen molar-refractivity contribution in [2.75, 3.05) is 12.3 Å². The zero-order chi connectivity index (χ0) is 18.8. The van der Waals surface area contributed by atoms with Crippen molar-refractivity contribution in [2.45, 2.75) is 13.3 Å². The molecule has 0 atom stereocenters. The summed E-state index contributed by atoms with van der Waals surface area (Å²) in [6.45, 7) is 1.81. The molecule has 0 aliphatic rings. The molecule has 0 amide bonds. The van der Waals surface area contributed by atoms with Crippen molar-refractivity contribution in [1.82, 2.24) is 14.8 Å². The Balaban J connectivity index is 1.98. The van der Waals surface area contributed by atoms with Crippen molar-refractivity contribution < 1.29 is 14.3 Å². The van der Waals surface area contributed by atoms with E-state index >= 15 is 0 Å². The number of esters is 1. The Bertz CT molecular complexity index is 1050. The number of aromatic amines is 1. The Morgan fingerprint density at radius 2 is 2.00 bits per heavy atom. The van der Waals surface area contributed by atoms with Crippen LogP contribution in [-0.4, -0.2) is 33.2 Å². The van der Waals surface area contributed by atoms with E-state index in [1.54, 1.807) is 31.2 Å². The first-order valence-corrected chi connectivity index (χ1v) is 8.14. The highest BCUT2D eigenvalue weighted by Gasteiger charge is 2.19. The number of nitrogens with zero attached hydrogens (tertiary/aromatic N) is 2. The summed E-state index contributed by atoms with van der Waals surface area (Å²) in [7, 11) is 0. The lowest BCUT2D eigenvalue weighted by molar-refractivity contribution is 0.0527. The largest absolute Gasteiger partial charge is 0.462 e. The SMILES string of the molecule is CCOC(=O)c1cc2c(=O)n(C(=O)Cc3ccc(Cl)cc3)[nH]c2nc1N. The molecule has 1 aromatic carbocycles. The molecule has 9 heteroatoms. The molecule has 0 saturated heterocycles. The highest BCUT2D eigenvalue weighted by Crippen LogP contribution is 2.16. The van der Waals surface area contributed by atoms with Gasteiger partial charge in [-0.3, -0.25) is 14.7 Å². The third-order valence-corrected chi connectivity index (χ3v) is 3.97. The number of aromatic nitrogens is 3. The molecule has 26 heavy (non-hydrogen) atoms. The van der Waals surface area contributed by atoms with E-state index in [2.05, 4.69) is 10.1 Å². The van der Waals surface area contributed by atoms with Crippen molar-refractivity contribution in [3.63, 3.8) is 0 Å². The lowest BCUT2D eigenvalue weighted by Crippen LogP contribution is -2.26. The van der Waals surface area contributed by atoms with E-state index in [0.717, 1.165) is 4.68 Å². The number of nitrogens with one attached hydrogen (secondary N) is 1. The predicted molar refractivity (Wildman–Crippen MR) is 96.5 cm³/mol. The third kappa shape index (κ3) is 3.31. The Labute approximate surface area is 152 Å². The Kier molecular flexibility index (Phi) is 4.77. The van der Waals surface area contributed by atoms with Crippen LogP contribution in [0.2, 0.25) is 5.02 Å². The fourth-order valence-electron chi connectivity index (χ4n) is 2.46. The monoisotopic (exact) mass is 374 g/mol. The minimum atomic E-state index is -0.681. The maximum Gasteiger partial charge on any atom is 0.341 e. The van der Waals surface area contributed by atoms with Gasteiger partial charge in [-0.2, -0.15) is 4.68 Å². The molecule has 8 nitrogen and oxygen atoms in total. The van der Waals surface area contributed by atoms with Crippen LogP contribution in [0, 0.1) is 0 Å². The van der Waals surface area contributed by atoms with Crippen LogP contribution in [0.4, 0.5) is 5.82 Å². The molecule has 134 valence electrons. The summed E-state index contributed by atoms with van der Waals surface area (Å²) in [6.07, 6.45) is -0.00981. The lowest BCUT2D eigenvalue weighted by atomic mass is 10.1. The number of nitrogens with two attached hydrogens (primary N) is 1. The molecule has 0 unspecified atom stereocenters. The van der Waals surface area contributed by atoms with E-state index < -0.39 is 17.4 Å². The second-order valence-corrected chi connectivity index (χ2v) is 5.92. The quantitative estimate of drug-likeness (QED) is 0.674. The summed E-state index contributed by atoms with van der Waals surface area (Å²) in [4.78, 5) is 40.8. The standard InChI is InChI=1S/C17H15ClN4O4/c1-2-26-17(25)11-8-12-15(20-14(11)19)21-22(16(12)24)13(23)7-9-3-5-10(18)6-4-9/h3-6,8H,2,7H2,1H3,(H3,19,20,21). The summed E-state index contributed by atoms with van der Waals surface area (Å²) >= 11 is 5.82. The van der Waals surface area contributed by atoms with Gasteiger partial charge in [-0.15, -0.1) is 0 Å². The van der Waals surface area contributed by atoms with Crippen molar-refractivity contribution in [3.8, 4) is 0 Å². The van der Waals surface area contributed by atoms with Gasteiger partial charge >= 0.3 is 5.97 Å². The Morgan fingerprint density at radius 3 is 2.65 bits per heavy atom. The van der Waals surface area contributed by atoms with E-state index in [9.17, 15) is 14.4 Å². The van der Waals surface area contributed by atoms with Crippen LogP contribution in [0.15, 0.2) is 35.1 Å². The number of hydrogen-bond acceptors (Lipinski definition) is 6. The van der Waals surface area contributed by atoms with Crippen LogP contribution in [0.25, 0.3) is 11.0 Å². The highest BCUT2D eigenvalue weighted by atomic mass is 35.5. The fraction of sp³-hybridized carbons (Fsp3) is 0.176. The van der Waals surface area contributed by atoms with Crippen LogP contribution in [0.5, 0.6) is 0 Å². The van der Waals surface area contributed by atoms with Gasteiger partial charge in [-0.05, 0) is 30.7 Å². The number of anilines is 1. The van der Waals surface area contributed by atoms with Crippen LogP contribution >= 0.6 is 11.6 Å². The van der Waals surface area contributed by atoms with Gasteiger partial charge in [0.1, 0.15) is 11.4 Å². The first-order valence-electron chi connectivity index (χ1n) is 7.76. The average Bonchev–Trinajstić information content (AvgIpc) is 2.92. The highest BCUT2D eigenvalue weighted by molar-refractivity contribution is 6.30. The van der Waals surface area contributed by atoms with Crippen LogP contribution in [0.3, 0.4) is 0 Å². The zero-order valence-corrected chi connectivity index (χ0v) is 14.5. The Hall–Kier alpha value is -3.13. The summed E-state index contributed by atoms with van der Waals surface area (Å²) < 4.78 is 5.73. The van der Waals surface area contributed by atoms with E-state index in [4.69, 9.17) is 22.1 Å². The number of carbonyl (C=O) groups excluding carboxylic acids is 2. The summed E-state index contributed by atoms with van der Waals surface area (Å²) in [5, 5.41) is 3.25. The molecule has 0 bridgehead atoms.